The van der Waals surface area contributed by atoms with Gasteiger partial charge in [-0.05, 0) is 24.4 Å². The first-order valence-electron chi connectivity index (χ1n) is 3.78. The molecular formula is C8H9N3O2S. The van der Waals surface area contributed by atoms with Crippen LogP contribution in [0.3, 0.4) is 0 Å². The molecule has 1 heterocycles. The molecule has 0 aliphatic carbocycles. The Balaban J connectivity index is 2.46. The van der Waals surface area contributed by atoms with Gasteiger partial charge in [-0.15, -0.1) is 0 Å². The highest BCUT2D eigenvalue weighted by Crippen LogP contribution is 2.01. The summed E-state index contributed by atoms with van der Waals surface area (Å²) < 4.78 is 4.37. The Morgan fingerprint density at radius 3 is 3.00 bits per heavy atom. The van der Waals surface area contributed by atoms with Gasteiger partial charge in [0, 0.05) is 6.20 Å². The molecule has 0 unspecified atom stereocenters. The SMILES string of the molecule is COC(=O)NC(=S)Nc1cccnc1. The number of methoxy groups -OCH3 is 1. The van der Waals surface area contributed by atoms with Gasteiger partial charge < -0.3 is 10.1 Å². The number of ether oxygens (including phenoxy) is 1. The van der Waals surface area contributed by atoms with Crippen LogP contribution in [0.4, 0.5) is 10.5 Å². The molecule has 0 bridgehead atoms. The number of amides is 1. The monoisotopic (exact) mass is 211 g/mol. The molecule has 74 valence electrons. The summed E-state index contributed by atoms with van der Waals surface area (Å²) in [7, 11) is 1.27. The van der Waals surface area contributed by atoms with E-state index in [2.05, 4.69) is 20.4 Å². The predicted molar refractivity (Wildman–Crippen MR) is 56.0 cm³/mol. The molecule has 0 aliphatic rings. The number of nitrogens with one attached hydrogen (secondary N) is 2. The number of carbonyl (C=O) groups excluding carboxylic acids is 1. The molecule has 0 saturated carbocycles. The van der Waals surface area contributed by atoms with Crippen molar-refractivity contribution in [3.8, 4) is 0 Å². The molecule has 0 aliphatic heterocycles. The minimum atomic E-state index is -0.605. The average Bonchev–Trinajstić information content (AvgIpc) is 2.19. The first kappa shape index (κ1) is 10.4. The van der Waals surface area contributed by atoms with Crippen LogP contribution in [-0.4, -0.2) is 23.3 Å². The van der Waals surface area contributed by atoms with Crippen molar-refractivity contribution in [2.75, 3.05) is 12.4 Å². The molecular weight excluding hydrogens is 202 g/mol. The topological polar surface area (TPSA) is 63.2 Å². The van der Waals surface area contributed by atoms with E-state index >= 15 is 0 Å². The van der Waals surface area contributed by atoms with Gasteiger partial charge in [0.15, 0.2) is 5.11 Å². The molecule has 1 amide bonds. The summed E-state index contributed by atoms with van der Waals surface area (Å²) in [5, 5.41) is 5.24. The van der Waals surface area contributed by atoms with Crippen molar-refractivity contribution in [3.05, 3.63) is 24.5 Å². The van der Waals surface area contributed by atoms with E-state index in [1.165, 1.54) is 7.11 Å². The van der Waals surface area contributed by atoms with E-state index in [1.54, 1.807) is 24.5 Å². The van der Waals surface area contributed by atoms with Gasteiger partial charge in [0.05, 0.1) is 19.0 Å². The molecule has 5 nitrogen and oxygen atoms in total. The van der Waals surface area contributed by atoms with Crippen LogP contribution in [0.1, 0.15) is 0 Å². The highest BCUT2D eigenvalue weighted by molar-refractivity contribution is 7.80. The highest BCUT2D eigenvalue weighted by atomic mass is 32.1. The molecule has 0 saturated heterocycles. The summed E-state index contributed by atoms with van der Waals surface area (Å²) in [4.78, 5) is 14.6. The molecule has 14 heavy (non-hydrogen) atoms. The van der Waals surface area contributed by atoms with Gasteiger partial charge in [0.25, 0.3) is 0 Å². The zero-order chi connectivity index (χ0) is 10.4. The van der Waals surface area contributed by atoms with Crippen LogP contribution in [0.15, 0.2) is 24.5 Å². The molecule has 6 heteroatoms. The second-order valence-corrected chi connectivity index (χ2v) is 2.72. The third kappa shape index (κ3) is 3.36. The van der Waals surface area contributed by atoms with Gasteiger partial charge in [-0.25, -0.2) is 4.79 Å². The van der Waals surface area contributed by atoms with Crippen LogP contribution < -0.4 is 10.6 Å². The first-order chi connectivity index (χ1) is 6.72. The second-order valence-electron chi connectivity index (χ2n) is 2.31. The standard InChI is InChI=1S/C8H9N3O2S/c1-13-8(12)11-7(14)10-6-3-2-4-9-5-6/h2-5H,1H3,(H2,10,11,12,14). The zero-order valence-corrected chi connectivity index (χ0v) is 8.30. The van der Waals surface area contributed by atoms with Crippen LogP contribution in [-0.2, 0) is 4.74 Å². The number of alkyl carbamates (subject to hydrolysis) is 1. The van der Waals surface area contributed by atoms with Crippen LogP contribution >= 0.6 is 12.2 Å². The van der Waals surface area contributed by atoms with Crippen molar-refractivity contribution < 1.29 is 9.53 Å². The van der Waals surface area contributed by atoms with Crippen molar-refractivity contribution in [2.24, 2.45) is 0 Å². The van der Waals surface area contributed by atoms with E-state index in [0.29, 0.717) is 5.69 Å². The van der Waals surface area contributed by atoms with Gasteiger partial charge >= 0.3 is 6.09 Å². The van der Waals surface area contributed by atoms with Crippen molar-refractivity contribution in [2.45, 2.75) is 0 Å². The number of anilines is 1. The number of carbonyl (C=O) groups is 1. The number of nitrogens with zero attached hydrogens (tertiary/aromatic N) is 1. The lowest BCUT2D eigenvalue weighted by Gasteiger charge is -2.07. The lowest BCUT2D eigenvalue weighted by Crippen LogP contribution is -2.33. The van der Waals surface area contributed by atoms with E-state index in [-0.39, 0.29) is 5.11 Å². The van der Waals surface area contributed by atoms with Crippen LogP contribution in [0, 0.1) is 0 Å². The minimum Gasteiger partial charge on any atom is -0.453 e. The Morgan fingerprint density at radius 1 is 1.64 bits per heavy atom. The van der Waals surface area contributed by atoms with Crippen molar-refractivity contribution >= 4 is 29.1 Å². The number of hydrogen-bond donors (Lipinski definition) is 2. The fourth-order valence-electron chi connectivity index (χ4n) is 0.743. The van der Waals surface area contributed by atoms with Gasteiger partial charge in [-0.1, -0.05) is 0 Å². The number of thiocarbonyl (C=S) groups is 1. The summed E-state index contributed by atoms with van der Waals surface area (Å²) in [5.74, 6) is 0. The van der Waals surface area contributed by atoms with Crippen LogP contribution in [0.2, 0.25) is 0 Å². The van der Waals surface area contributed by atoms with Gasteiger partial charge in [-0.2, -0.15) is 0 Å². The van der Waals surface area contributed by atoms with E-state index < -0.39 is 6.09 Å². The molecule has 0 fully saturated rings. The summed E-state index contributed by atoms with van der Waals surface area (Å²) >= 11 is 4.83. The molecule has 1 aromatic rings. The van der Waals surface area contributed by atoms with Crippen molar-refractivity contribution in [1.82, 2.24) is 10.3 Å². The van der Waals surface area contributed by atoms with Gasteiger partial charge in [0.1, 0.15) is 0 Å². The summed E-state index contributed by atoms with van der Waals surface area (Å²) in [6.07, 6.45) is 2.62. The number of pyridine rings is 1. The Labute approximate surface area is 86.5 Å². The predicted octanol–water partition coefficient (Wildman–Crippen LogP) is 1.13. The summed E-state index contributed by atoms with van der Waals surface area (Å²) in [6, 6.07) is 3.53. The van der Waals surface area contributed by atoms with Gasteiger partial charge in [0.2, 0.25) is 0 Å². The molecule has 0 radical (unpaired) electrons. The molecule has 0 aromatic carbocycles. The molecule has 1 aromatic heterocycles. The first-order valence-corrected chi connectivity index (χ1v) is 4.19. The van der Waals surface area contributed by atoms with E-state index in [9.17, 15) is 4.79 Å². The summed E-state index contributed by atoms with van der Waals surface area (Å²) in [5.41, 5.74) is 0.703. The molecule has 0 atom stereocenters. The Hall–Kier alpha value is -1.69. The maximum Gasteiger partial charge on any atom is 0.413 e. The lowest BCUT2D eigenvalue weighted by molar-refractivity contribution is 0.177. The quantitative estimate of drug-likeness (QED) is 0.682. The minimum absolute atomic E-state index is 0.171. The second kappa shape index (κ2) is 5.13. The van der Waals surface area contributed by atoms with Crippen molar-refractivity contribution in [1.29, 1.82) is 0 Å². The van der Waals surface area contributed by atoms with E-state index in [4.69, 9.17) is 12.2 Å². The van der Waals surface area contributed by atoms with Crippen LogP contribution in [0.25, 0.3) is 0 Å². The Morgan fingerprint density at radius 2 is 2.43 bits per heavy atom. The Bertz CT molecular complexity index is 329. The van der Waals surface area contributed by atoms with Crippen molar-refractivity contribution in [3.63, 3.8) is 0 Å². The number of aromatic nitrogens is 1. The van der Waals surface area contributed by atoms with E-state index in [1.807, 2.05) is 0 Å². The third-order valence-electron chi connectivity index (χ3n) is 1.32. The molecule has 1 rings (SSSR count). The molecule has 2 N–H and O–H groups in total. The highest BCUT2D eigenvalue weighted by Gasteiger charge is 2.02. The smallest absolute Gasteiger partial charge is 0.413 e. The fraction of sp³-hybridized carbons (Fsp3) is 0.125. The van der Waals surface area contributed by atoms with Crippen LogP contribution in [0.5, 0.6) is 0 Å². The number of hydrogen-bond acceptors (Lipinski definition) is 4. The van der Waals surface area contributed by atoms with E-state index in [0.717, 1.165) is 0 Å². The molecule has 0 spiro atoms. The fourth-order valence-corrected chi connectivity index (χ4v) is 0.944. The third-order valence-corrected chi connectivity index (χ3v) is 1.52. The summed E-state index contributed by atoms with van der Waals surface area (Å²) in [6.45, 7) is 0. The zero-order valence-electron chi connectivity index (χ0n) is 7.48. The maximum atomic E-state index is 10.7. The van der Waals surface area contributed by atoms with Gasteiger partial charge in [-0.3, -0.25) is 10.3 Å². The maximum absolute atomic E-state index is 10.7. The number of rotatable bonds is 1. The Kier molecular flexibility index (Phi) is 3.81. The lowest BCUT2D eigenvalue weighted by atomic mass is 10.4. The average molecular weight is 211 g/mol. The largest absolute Gasteiger partial charge is 0.453 e. The normalized spacial score (nSPS) is 8.93.